The number of amides is 1. The van der Waals surface area contributed by atoms with Crippen molar-refractivity contribution >= 4 is 22.9 Å². The second kappa shape index (κ2) is 6.08. The highest BCUT2D eigenvalue weighted by atomic mass is 16.5. The summed E-state index contributed by atoms with van der Waals surface area (Å²) in [6, 6.07) is 9.65. The van der Waals surface area contributed by atoms with Gasteiger partial charge in [-0.15, -0.1) is 0 Å². The maximum atomic E-state index is 11.7. The Hall–Kier alpha value is -3.09. The van der Waals surface area contributed by atoms with Crippen LogP contribution in [0.3, 0.4) is 0 Å². The van der Waals surface area contributed by atoms with Crippen LogP contribution in [0, 0.1) is 0 Å². The summed E-state index contributed by atoms with van der Waals surface area (Å²) in [6.07, 6.45) is 3.96. The van der Waals surface area contributed by atoms with Crippen molar-refractivity contribution in [1.29, 1.82) is 0 Å². The van der Waals surface area contributed by atoms with Crippen LogP contribution in [0.4, 0.5) is 5.95 Å². The predicted octanol–water partition coefficient (Wildman–Crippen LogP) is 2.69. The van der Waals surface area contributed by atoms with Crippen LogP contribution in [0.15, 0.2) is 36.5 Å². The molecule has 1 amide bonds. The highest BCUT2D eigenvalue weighted by molar-refractivity contribution is 5.92. The molecule has 7 nitrogen and oxygen atoms in total. The molecule has 128 valence electrons. The summed E-state index contributed by atoms with van der Waals surface area (Å²) < 4.78 is 7.92. The van der Waals surface area contributed by atoms with E-state index >= 15 is 0 Å². The highest BCUT2D eigenvalue weighted by Crippen LogP contribution is 2.29. The lowest BCUT2D eigenvalue weighted by Crippen LogP contribution is -2.18. The van der Waals surface area contributed by atoms with Gasteiger partial charge in [0, 0.05) is 38.5 Å². The molecule has 0 bridgehead atoms. The van der Waals surface area contributed by atoms with Gasteiger partial charge in [-0.05, 0) is 31.0 Å². The molecular weight excluding hydrogens is 318 g/mol. The van der Waals surface area contributed by atoms with Gasteiger partial charge < -0.3 is 19.9 Å². The molecule has 0 aliphatic heterocycles. The van der Waals surface area contributed by atoms with E-state index in [4.69, 9.17) is 4.74 Å². The van der Waals surface area contributed by atoms with Gasteiger partial charge in [0.2, 0.25) is 5.95 Å². The number of fused-ring (bicyclic) bond motifs is 1. The fourth-order valence-electron chi connectivity index (χ4n) is 2.65. The minimum atomic E-state index is -0.249. The lowest BCUT2D eigenvalue weighted by molar-refractivity contribution is 0.0958. The van der Waals surface area contributed by atoms with E-state index < -0.39 is 0 Å². The number of aryl methyl sites for hydroxylation is 1. The van der Waals surface area contributed by atoms with Crippen molar-refractivity contribution in [2.24, 2.45) is 7.05 Å². The van der Waals surface area contributed by atoms with Crippen LogP contribution in [-0.4, -0.2) is 33.5 Å². The Labute approximate surface area is 145 Å². The first-order valence-electron chi connectivity index (χ1n) is 8.23. The summed E-state index contributed by atoms with van der Waals surface area (Å²) in [6.45, 7) is 0. The number of hydrogen-bond acceptors (Lipinski definition) is 5. The number of nitrogens with zero attached hydrogens (tertiary/aromatic N) is 3. The Kier molecular flexibility index (Phi) is 3.76. The molecule has 1 saturated carbocycles. The minimum Gasteiger partial charge on any atom is -0.457 e. The first-order valence-corrected chi connectivity index (χ1v) is 8.23. The Bertz CT molecular complexity index is 946. The number of carbonyl (C=O) groups excluding carboxylic acids is 1. The number of benzene rings is 1. The van der Waals surface area contributed by atoms with Crippen LogP contribution in [-0.2, 0) is 7.05 Å². The molecule has 3 aromatic rings. The summed E-state index contributed by atoms with van der Waals surface area (Å²) >= 11 is 0. The van der Waals surface area contributed by atoms with Crippen molar-refractivity contribution < 1.29 is 9.53 Å². The summed E-state index contributed by atoms with van der Waals surface area (Å²) in [5.41, 5.74) is 2.22. The third kappa shape index (κ3) is 3.13. The van der Waals surface area contributed by atoms with Crippen molar-refractivity contribution in [2.75, 3.05) is 12.4 Å². The number of pyridine rings is 1. The van der Waals surface area contributed by atoms with Gasteiger partial charge in [0.15, 0.2) is 0 Å². The number of anilines is 1. The maximum Gasteiger partial charge on any atom is 0.269 e. The smallest absolute Gasteiger partial charge is 0.269 e. The average Bonchev–Trinajstić information content (AvgIpc) is 3.39. The summed E-state index contributed by atoms with van der Waals surface area (Å²) in [7, 11) is 3.57. The SMILES string of the molecule is CNC(=O)c1cc(Oc2ccc3c(c2)nc(NC2CC2)n3C)ccn1. The Morgan fingerprint density at radius 3 is 2.80 bits per heavy atom. The van der Waals surface area contributed by atoms with E-state index in [0.29, 0.717) is 23.2 Å². The first-order chi connectivity index (χ1) is 12.1. The Morgan fingerprint density at radius 2 is 2.04 bits per heavy atom. The molecule has 2 N–H and O–H groups in total. The van der Waals surface area contributed by atoms with Crippen LogP contribution < -0.4 is 15.4 Å². The molecule has 1 aliphatic rings. The molecule has 4 rings (SSSR count). The maximum absolute atomic E-state index is 11.7. The molecule has 0 atom stereocenters. The molecule has 1 aromatic carbocycles. The first kappa shape index (κ1) is 15.4. The van der Waals surface area contributed by atoms with Crippen LogP contribution in [0.2, 0.25) is 0 Å². The molecule has 7 heteroatoms. The van der Waals surface area contributed by atoms with E-state index in [-0.39, 0.29) is 5.91 Å². The van der Waals surface area contributed by atoms with E-state index in [0.717, 1.165) is 17.0 Å². The molecule has 0 saturated heterocycles. The molecule has 1 fully saturated rings. The lowest BCUT2D eigenvalue weighted by Gasteiger charge is -2.07. The van der Waals surface area contributed by atoms with Gasteiger partial charge in [-0.25, -0.2) is 4.98 Å². The second-order valence-electron chi connectivity index (χ2n) is 6.12. The van der Waals surface area contributed by atoms with Gasteiger partial charge >= 0.3 is 0 Å². The number of carbonyl (C=O) groups is 1. The highest BCUT2D eigenvalue weighted by Gasteiger charge is 2.23. The third-order valence-corrected chi connectivity index (χ3v) is 4.19. The fourth-order valence-corrected chi connectivity index (χ4v) is 2.65. The molecule has 0 spiro atoms. The van der Waals surface area contributed by atoms with E-state index in [9.17, 15) is 4.79 Å². The number of imidazole rings is 1. The molecule has 1 aliphatic carbocycles. The topological polar surface area (TPSA) is 81.1 Å². The summed E-state index contributed by atoms with van der Waals surface area (Å²) in [4.78, 5) is 20.4. The zero-order valence-corrected chi connectivity index (χ0v) is 14.1. The number of nitrogens with one attached hydrogen (secondary N) is 2. The van der Waals surface area contributed by atoms with Crippen molar-refractivity contribution in [1.82, 2.24) is 19.9 Å². The quantitative estimate of drug-likeness (QED) is 0.748. The zero-order valence-electron chi connectivity index (χ0n) is 14.1. The normalized spacial score (nSPS) is 13.7. The average molecular weight is 337 g/mol. The zero-order chi connectivity index (χ0) is 17.4. The van der Waals surface area contributed by atoms with E-state index in [1.54, 1.807) is 25.4 Å². The standard InChI is InChI=1S/C18H19N5O2/c1-19-17(24)15-10-13(7-8-20-15)25-12-5-6-16-14(9-12)22-18(23(16)2)21-11-3-4-11/h5-11H,3-4H2,1-2H3,(H,19,24)(H,21,22). The second-order valence-corrected chi connectivity index (χ2v) is 6.12. The monoisotopic (exact) mass is 337 g/mol. The number of hydrogen-bond donors (Lipinski definition) is 2. The van der Waals surface area contributed by atoms with Gasteiger partial charge in [-0.3, -0.25) is 9.78 Å². The van der Waals surface area contributed by atoms with Crippen LogP contribution in [0.5, 0.6) is 11.5 Å². The molecule has 0 unspecified atom stereocenters. The van der Waals surface area contributed by atoms with E-state index in [1.807, 2.05) is 29.8 Å². The molecule has 0 radical (unpaired) electrons. The summed E-state index contributed by atoms with van der Waals surface area (Å²) in [5.74, 6) is 1.85. The van der Waals surface area contributed by atoms with Crippen LogP contribution in [0.1, 0.15) is 23.3 Å². The molecule has 25 heavy (non-hydrogen) atoms. The van der Waals surface area contributed by atoms with E-state index in [1.165, 1.54) is 12.8 Å². The van der Waals surface area contributed by atoms with Gasteiger partial charge in [-0.2, -0.15) is 0 Å². The molecule has 2 aromatic heterocycles. The fraction of sp³-hybridized carbons (Fsp3) is 0.278. The minimum absolute atomic E-state index is 0.249. The van der Waals surface area contributed by atoms with Gasteiger partial charge in [0.1, 0.15) is 17.2 Å². The molecule has 2 heterocycles. The number of rotatable bonds is 5. The van der Waals surface area contributed by atoms with Gasteiger partial charge in [-0.1, -0.05) is 0 Å². The van der Waals surface area contributed by atoms with Gasteiger partial charge in [0.25, 0.3) is 5.91 Å². The van der Waals surface area contributed by atoms with Crippen LogP contribution >= 0.6 is 0 Å². The van der Waals surface area contributed by atoms with Crippen molar-refractivity contribution in [3.05, 3.63) is 42.2 Å². The number of ether oxygens (including phenoxy) is 1. The largest absolute Gasteiger partial charge is 0.457 e. The summed E-state index contributed by atoms with van der Waals surface area (Å²) in [5, 5.41) is 5.98. The van der Waals surface area contributed by atoms with Crippen LogP contribution in [0.25, 0.3) is 11.0 Å². The molecular formula is C18H19N5O2. The third-order valence-electron chi connectivity index (χ3n) is 4.19. The predicted molar refractivity (Wildman–Crippen MR) is 95.1 cm³/mol. The van der Waals surface area contributed by atoms with E-state index in [2.05, 4.69) is 20.6 Å². The number of aromatic nitrogens is 3. The van der Waals surface area contributed by atoms with Gasteiger partial charge in [0.05, 0.1) is 11.0 Å². The van der Waals surface area contributed by atoms with Crippen molar-refractivity contribution in [3.63, 3.8) is 0 Å². The Balaban J connectivity index is 1.60. The van der Waals surface area contributed by atoms with Crippen molar-refractivity contribution in [2.45, 2.75) is 18.9 Å². The van der Waals surface area contributed by atoms with Crippen molar-refractivity contribution in [3.8, 4) is 11.5 Å². The Morgan fingerprint density at radius 1 is 1.24 bits per heavy atom. The lowest BCUT2D eigenvalue weighted by atomic mass is 10.3.